The first-order valence-electron chi connectivity index (χ1n) is 6.58. The summed E-state index contributed by atoms with van der Waals surface area (Å²) < 4.78 is 5.58. The van der Waals surface area contributed by atoms with Crippen LogP contribution in [-0.2, 0) is 11.3 Å². The van der Waals surface area contributed by atoms with Crippen LogP contribution in [0.1, 0.15) is 26.3 Å². The zero-order valence-electron chi connectivity index (χ0n) is 12.3. The minimum absolute atomic E-state index is 0.299. The van der Waals surface area contributed by atoms with E-state index in [-0.39, 0.29) is 0 Å². The number of imide groups is 1. The van der Waals surface area contributed by atoms with E-state index in [9.17, 15) is 9.59 Å². The highest BCUT2D eigenvalue weighted by molar-refractivity contribution is 6.30. The maximum absolute atomic E-state index is 11.6. The van der Waals surface area contributed by atoms with Gasteiger partial charge in [-0.2, -0.15) is 0 Å². The molecule has 21 heavy (non-hydrogen) atoms. The highest BCUT2D eigenvalue weighted by atomic mass is 35.5. The summed E-state index contributed by atoms with van der Waals surface area (Å²) in [5.74, 6) is -0.0695. The lowest BCUT2D eigenvalue weighted by Crippen LogP contribution is -2.42. The van der Waals surface area contributed by atoms with Gasteiger partial charge in [-0.15, -0.1) is 0 Å². The molecule has 116 valence electrons. The van der Waals surface area contributed by atoms with Crippen LogP contribution >= 0.6 is 11.6 Å². The van der Waals surface area contributed by atoms with Crippen LogP contribution in [0.25, 0.3) is 0 Å². The molecule has 1 aromatic carbocycles. The predicted octanol–water partition coefficient (Wildman–Crippen LogP) is 1.80. The van der Waals surface area contributed by atoms with Crippen molar-refractivity contribution in [3.8, 4) is 5.75 Å². The molecule has 0 aromatic heterocycles. The summed E-state index contributed by atoms with van der Waals surface area (Å²) in [6.45, 7) is 6.13. The number of carbonyl (C=O) groups is 2. The van der Waals surface area contributed by atoms with E-state index in [0.29, 0.717) is 23.4 Å². The van der Waals surface area contributed by atoms with E-state index in [4.69, 9.17) is 22.1 Å². The Morgan fingerprint density at radius 3 is 2.57 bits per heavy atom. The molecule has 6 nitrogen and oxygen atoms in total. The fourth-order valence-corrected chi connectivity index (χ4v) is 1.78. The Balaban J connectivity index is 2.81. The minimum atomic E-state index is -0.909. The molecule has 0 heterocycles. The number of primary amides is 1. The van der Waals surface area contributed by atoms with Crippen molar-refractivity contribution < 1.29 is 14.3 Å². The van der Waals surface area contributed by atoms with Gasteiger partial charge in [-0.05, 0) is 25.1 Å². The quantitative estimate of drug-likeness (QED) is 0.746. The SMILES string of the molecule is CC(C)NCc1cc(Cl)ccc1OC(C)C(=O)NC(N)=O. The zero-order chi connectivity index (χ0) is 16.0. The normalized spacial score (nSPS) is 12.0. The van der Waals surface area contributed by atoms with Crippen LogP contribution in [-0.4, -0.2) is 24.1 Å². The van der Waals surface area contributed by atoms with Crippen molar-refractivity contribution in [3.05, 3.63) is 28.8 Å². The molecule has 0 saturated carbocycles. The van der Waals surface area contributed by atoms with Crippen LogP contribution in [0.5, 0.6) is 5.75 Å². The number of hydrogen-bond donors (Lipinski definition) is 3. The summed E-state index contributed by atoms with van der Waals surface area (Å²) >= 11 is 5.98. The molecule has 1 aromatic rings. The van der Waals surface area contributed by atoms with E-state index in [1.165, 1.54) is 6.92 Å². The average Bonchev–Trinajstić information content (AvgIpc) is 2.37. The van der Waals surface area contributed by atoms with E-state index in [1.54, 1.807) is 18.2 Å². The van der Waals surface area contributed by atoms with Gasteiger partial charge < -0.3 is 15.8 Å². The Morgan fingerprint density at radius 2 is 2.00 bits per heavy atom. The van der Waals surface area contributed by atoms with Crippen molar-refractivity contribution in [2.75, 3.05) is 0 Å². The fraction of sp³-hybridized carbons (Fsp3) is 0.429. The summed E-state index contributed by atoms with van der Waals surface area (Å²) in [5, 5.41) is 5.81. The largest absolute Gasteiger partial charge is 0.481 e. The van der Waals surface area contributed by atoms with Crippen molar-refractivity contribution in [1.82, 2.24) is 10.6 Å². The Hall–Kier alpha value is -1.79. The third-order valence-corrected chi connectivity index (χ3v) is 2.88. The van der Waals surface area contributed by atoms with E-state index < -0.39 is 18.0 Å². The van der Waals surface area contributed by atoms with E-state index in [1.807, 2.05) is 19.2 Å². The number of hydrogen-bond acceptors (Lipinski definition) is 4. The summed E-state index contributed by atoms with van der Waals surface area (Å²) in [5.41, 5.74) is 5.73. The van der Waals surface area contributed by atoms with Crippen LogP contribution in [0.15, 0.2) is 18.2 Å². The number of carbonyl (C=O) groups excluding carboxylic acids is 2. The number of halogens is 1. The number of amides is 3. The van der Waals surface area contributed by atoms with Gasteiger partial charge in [-0.1, -0.05) is 25.4 Å². The molecular weight excluding hydrogens is 294 g/mol. The van der Waals surface area contributed by atoms with Crippen LogP contribution in [0.4, 0.5) is 4.79 Å². The average molecular weight is 314 g/mol. The standard InChI is InChI=1S/C14H20ClN3O3/c1-8(2)17-7-10-6-11(15)4-5-12(10)21-9(3)13(19)18-14(16)20/h4-6,8-9,17H,7H2,1-3H3,(H3,16,18,19,20). The molecule has 1 unspecified atom stereocenters. The second-order valence-electron chi connectivity index (χ2n) is 4.90. The first-order chi connectivity index (χ1) is 9.79. The van der Waals surface area contributed by atoms with Crippen LogP contribution in [0.3, 0.4) is 0 Å². The van der Waals surface area contributed by atoms with Gasteiger partial charge in [0, 0.05) is 23.2 Å². The number of nitrogens with one attached hydrogen (secondary N) is 2. The van der Waals surface area contributed by atoms with E-state index in [2.05, 4.69) is 5.32 Å². The van der Waals surface area contributed by atoms with Gasteiger partial charge in [-0.3, -0.25) is 10.1 Å². The first kappa shape index (κ1) is 17.3. The smallest absolute Gasteiger partial charge is 0.318 e. The van der Waals surface area contributed by atoms with E-state index >= 15 is 0 Å². The molecule has 0 fully saturated rings. The second kappa shape index (κ2) is 7.85. The van der Waals surface area contributed by atoms with Crippen molar-refractivity contribution in [2.24, 2.45) is 5.73 Å². The molecule has 4 N–H and O–H groups in total. The third-order valence-electron chi connectivity index (χ3n) is 2.64. The maximum Gasteiger partial charge on any atom is 0.318 e. The molecule has 0 radical (unpaired) electrons. The summed E-state index contributed by atoms with van der Waals surface area (Å²) in [7, 11) is 0. The van der Waals surface area contributed by atoms with Gasteiger partial charge in [0.05, 0.1) is 0 Å². The molecule has 1 atom stereocenters. The molecular formula is C14H20ClN3O3. The Morgan fingerprint density at radius 1 is 1.33 bits per heavy atom. The maximum atomic E-state index is 11.6. The highest BCUT2D eigenvalue weighted by Crippen LogP contribution is 2.24. The zero-order valence-corrected chi connectivity index (χ0v) is 13.0. The van der Waals surface area contributed by atoms with Gasteiger partial charge in [0.15, 0.2) is 6.10 Å². The van der Waals surface area contributed by atoms with Crippen molar-refractivity contribution in [1.29, 1.82) is 0 Å². The van der Waals surface area contributed by atoms with Crippen molar-refractivity contribution in [3.63, 3.8) is 0 Å². The van der Waals surface area contributed by atoms with Gasteiger partial charge in [0.25, 0.3) is 5.91 Å². The summed E-state index contributed by atoms with van der Waals surface area (Å²) in [6.07, 6.45) is -0.850. The van der Waals surface area contributed by atoms with Gasteiger partial charge >= 0.3 is 6.03 Å². The van der Waals surface area contributed by atoms with Crippen molar-refractivity contribution in [2.45, 2.75) is 39.5 Å². The number of nitrogens with two attached hydrogens (primary N) is 1. The molecule has 0 aliphatic rings. The Bertz CT molecular complexity index is 520. The number of rotatable bonds is 6. The first-order valence-corrected chi connectivity index (χ1v) is 6.96. The molecule has 3 amide bonds. The van der Waals surface area contributed by atoms with E-state index in [0.717, 1.165) is 5.56 Å². The lowest BCUT2D eigenvalue weighted by Gasteiger charge is -2.17. The van der Waals surface area contributed by atoms with Crippen molar-refractivity contribution >= 4 is 23.5 Å². The van der Waals surface area contributed by atoms with Gasteiger partial charge in [0.2, 0.25) is 0 Å². The molecule has 0 aliphatic carbocycles. The number of ether oxygens (including phenoxy) is 1. The van der Waals surface area contributed by atoms with Crippen LogP contribution < -0.4 is 21.1 Å². The third kappa shape index (κ3) is 6.01. The van der Waals surface area contributed by atoms with Gasteiger partial charge in [-0.25, -0.2) is 4.79 Å². The Labute approximate surface area is 129 Å². The Kier molecular flexibility index (Phi) is 6.45. The molecule has 7 heteroatoms. The highest BCUT2D eigenvalue weighted by Gasteiger charge is 2.17. The fourth-order valence-electron chi connectivity index (χ4n) is 1.58. The molecule has 0 bridgehead atoms. The molecule has 1 rings (SSSR count). The minimum Gasteiger partial charge on any atom is -0.481 e. The summed E-state index contributed by atoms with van der Waals surface area (Å²) in [6, 6.07) is 4.52. The molecule has 0 saturated heterocycles. The second-order valence-corrected chi connectivity index (χ2v) is 5.34. The monoisotopic (exact) mass is 313 g/mol. The predicted molar refractivity (Wildman–Crippen MR) is 81.2 cm³/mol. The molecule has 0 spiro atoms. The van der Waals surface area contributed by atoms with Crippen LogP contribution in [0, 0.1) is 0 Å². The van der Waals surface area contributed by atoms with Crippen LogP contribution in [0.2, 0.25) is 5.02 Å². The lowest BCUT2D eigenvalue weighted by molar-refractivity contribution is -0.126. The lowest BCUT2D eigenvalue weighted by atomic mass is 10.2. The topological polar surface area (TPSA) is 93.4 Å². The number of urea groups is 1. The number of benzene rings is 1. The van der Waals surface area contributed by atoms with Gasteiger partial charge in [0.1, 0.15) is 5.75 Å². The molecule has 0 aliphatic heterocycles. The summed E-state index contributed by atoms with van der Waals surface area (Å²) in [4.78, 5) is 22.3.